The molecule has 1 unspecified atom stereocenters. The van der Waals surface area contributed by atoms with Gasteiger partial charge in [-0.15, -0.1) is 0 Å². The summed E-state index contributed by atoms with van der Waals surface area (Å²) in [4.78, 5) is 22.3. The Morgan fingerprint density at radius 1 is 1.27 bits per heavy atom. The number of carboxylic acid groups (broad SMARTS) is 1. The highest BCUT2D eigenvalue weighted by atomic mass is 32.2. The molecule has 8 nitrogen and oxygen atoms in total. The number of hydrogen-bond acceptors (Lipinski definition) is 6. The second-order valence-electron chi connectivity index (χ2n) is 4.39. The van der Waals surface area contributed by atoms with Crippen LogP contribution in [0.2, 0.25) is 0 Å². The van der Waals surface area contributed by atoms with Gasteiger partial charge in [0.1, 0.15) is 17.4 Å². The summed E-state index contributed by atoms with van der Waals surface area (Å²) in [7, 11) is -0.414. The van der Waals surface area contributed by atoms with Crippen LogP contribution in [-0.4, -0.2) is 57.1 Å². The van der Waals surface area contributed by atoms with Crippen molar-refractivity contribution in [2.24, 2.45) is 0 Å². The van der Waals surface area contributed by atoms with Gasteiger partial charge in [-0.05, 0) is 19.1 Å². The quantitative estimate of drug-likeness (QED) is 0.759. The fourth-order valence-electron chi connectivity index (χ4n) is 1.64. The van der Waals surface area contributed by atoms with Gasteiger partial charge in [0.15, 0.2) is 0 Å². The van der Waals surface area contributed by atoms with E-state index in [1.807, 2.05) is 0 Å². The number of sulfonamides is 1. The van der Waals surface area contributed by atoms with Crippen molar-refractivity contribution in [1.82, 2.24) is 4.31 Å². The summed E-state index contributed by atoms with van der Waals surface area (Å²) in [6.07, 6.45) is 0. The zero-order valence-electron chi connectivity index (χ0n) is 12.6. The predicted octanol–water partition coefficient (Wildman–Crippen LogP) is 0.575. The Morgan fingerprint density at radius 3 is 2.32 bits per heavy atom. The van der Waals surface area contributed by atoms with E-state index in [9.17, 15) is 18.0 Å². The maximum absolute atomic E-state index is 12.4. The third kappa shape index (κ3) is 3.37. The summed E-state index contributed by atoms with van der Waals surface area (Å²) in [6.45, 7) is 1.25. The first-order valence-electron chi connectivity index (χ1n) is 6.14. The number of benzene rings is 1. The standard InChI is InChI=1S/C13H17NO7S/c1-8(12(15)16)14(2)22(18,19)9-5-6-10(13(17)21-4)11(7-9)20-3/h5-8H,1-4H3,(H,15,16). The van der Waals surface area contributed by atoms with Crippen molar-refractivity contribution in [2.45, 2.75) is 17.9 Å². The fourth-order valence-corrected chi connectivity index (χ4v) is 2.98. The molecule has 0 bridgehead atoms. The van der Waals surface area contributed by atoms with E-state index in [1.165, 1.54) is 33.3 Å². The number of likely N-dealkylation sites (N-methyl/N-ethyl adjacent to an activating group) is 1. The first-order valence-corrected chi connectivity index (χ1v) is 7.58. The molecule has 0 aliphatic heterocycles. The maximum Gasteiger partial charge on any atom is 0.341 e. The Hall–Kier alpha value is -2.13. The minimum Gasteiger partial charge on any atom is -0.496 e. The third-order valence-corrected chi connectivity index (χ3v) is 5.08. The minimum atomic E-state index is -4.04. The lowest BCUT2D eigenvalue weighted by atomic mass is 10.2. The summed E-state index contributed by atoms with van der Waals surface area (Å²) >= 11 is 0. The van der Waals surface area contributed by atoms with E-state index in [0.29, 0.717) is 0 Å². The first kappa shape index (κ1) is 17.9. The first-order chi connectivity index (χ1) is 10.2. The second-order valence-corrected chi connectivity index (χ2v) is 6.39. The van der Waals surface area contributed by atoms with Gasteiger partial charge >= 0.3 is 11.9 Å². The summed E-state index contributed by atoms with van der Waals surface area (Å²) in [6, 6.07) is 2.34. The average molecular weight is 331 g/mol. The number of carbonyl (C=O) groups is 2. The number of rotatable bonds is 6. The molecule has 0 radical (unpaired) electrons. The van der Waals surface area contributed by atoms with Crippen LogP contribution in [0.1, 0.15) is 17.3 Å². The molecule has 0 aromatic heterocycles. The molecule has 0 spiro atoms. The lowest BCUT2D eigenvalue weighted by molar-refractivity contribution is -0.140. The van der Waals surface area contributed by atoms with Crippen LogP contribution in [0, 0.1) is 0 Å². The zero-order chi connectivity index (χ0) is 17.1. The SMILES string of the molecule is COC(=O)c1ccc(S(=O)(=O)N(C)C(C)C(=O)O)cc1OC. The number of nitrogens with zero attached hydrogens (tertiary/aromatic N) is 1. The summed E-state index contributed by atoms with van der Waals surface area (Å²) in [5, 5.41) is 8.92. The van der Waals surface area contributed by atoms with E-state index < -0.39 is 28.0 Å². The predicted molar refractivity (Wildman–Crippen MR) is 76.4 cm³/mol. The number of aliphatic carboxylic acids is 1. The molecule has 0 aliphatic rings. The van der Waals surface area contributed by atoms with E-state index >= 15 is 0 Å². The number of hydrogen-bond donors (Lipinski definition) is 1. The van der Waals surface area contributed by atoms with Gasteiger partial charge in [-0.3, -0.25) is 4.79 Å². The van der Waals surface area contributed by atoms with Crippen LogP contribution in [0.25, 0.3) is 0 Å². The summed E-state index contributed by atoms with van der Waals surface area (Å²) in [5.41, 5.74) is 0.0675. The van der Waals surface area contributed by atoms with Crippen LogP contribution >= 0.6 is 0 Å². The topological polar surface area (TPSA) is 110 Å². The van der Waals surface area contributed by atoms with Crippen LogP contribution in [0.5, 0.6) is 5.75 Å². The molecule has 1 aromatic carbocycles. The van der Waals surface area contributed by atoms with Gasteiger partial charge in [0.05, 0.1) is 19.1 Å². The molecular weight excluding hydrogens is 314 g/mol. The van der Waals surface area contributed by atoms with Gasteiger partial charge in [-0.2, -0.15) is 4.31 Å². The lowest BCUT2D eigenvalue weighted by Gasteiger charge is -2.21. The van der Waals surface area contributed by atoms with Crippen molar-refractivity contribution in [3.8, 4) is 5.75 Å². The highest BCUT2D eigenvalue weighted by molar-refractivity contribution is 7.89. The normalized spacial score (nSPS) is 12.8. The number of ether oxygens (including phenoxy) is 2. The van der Waals surface area contributed by atoms with Crippen molar-refractivity contribution in [3.05, 3.63) is 23.8 Å². The average Bonchev–Trinajstić information content (AvgIpc) is 2.51. The van der Waals surface area contributed by atoms with E-state index in [4.69, 9.17) is 9.84 Å². The van der Waals surface area contributed by atoms with Crippen molar-refractivity contribution in [1.29, 1.82) is 0 Å². The number of methoxy groups -OCH3 is 2. The van der Waals surface area contributed by atoms with Gasteiger partial charge in [-0.25, -0.2) is 13.2 Å². The summed E-state index contributed by atoms with van der Waals surface area (Å²) in [5.74, 6) is -1.93. The molecule has 0 aliphatic carbocycles. The molecule has 1 N–H and O–H groups in total. The van der Waals surface area contributed by atoms with Gasteiger partial charge in [0.2, 0.25) is 10.0 Å². The molecule has 9 heteroatoms. The molecule has 1 rings (SSSR count). The number of carboxylic acids is 1. The third-order valence-electron chi connectivity index (χ3n) is 3.16. The second kappa shape index (κ2) is 6.75. The monoisotopic (exact) mass is 331 g/mol. The highest BCUT2D eigenvalue weighted by Crippen LogP contribution is 2.26. The van der Waals surface area contributed by atoms with Crippen molar-refractivity contribution < 1.29 is 32.6 Å². The molecule has 0 fully saturated rings. The van der Waals surface area contributed by atoms with Crippen molar-refractivity contribution >= 4 is 22.0 Å². The Labute approximate surface area is 128 Å². The van der Waals surface area contributed by atoms with Crippen molar-refractivity contribution in [3.63, 3.8) is 0 Å². The van der Waals surface area contributed by atoms with Crippen LogP contribution in [0.3, 0.4) is 0 Å². The Morgan fingerprint density at radius 2 is 1.86 bits per heavy atom. The van der Waals surface area contributed by atoms with E-state index in [0.717, 1.165) is 17.4 Å². The van der Waals surface area contributed by atoms with Crippen LogP contribution in [0.15, 0.2) is 23.1 Å². The van der Waals surface area contributed by atoms with E-state index in [-0.39, 0.29) is 16.2 Å². The van der Waals surface area contributed by atoms with Gasteiger partial charge in [0.25, 0.3) is 0 Å². The molecule has 0 amide bonds. The molecule has 1 atom stereocenters. The number of esters is 1. The Kier molecular flexibility index (Phi) is 5.50. The fraction of sp³-hybridized carbons (Fsp3) is 0.385. The van der Waals surface area contributed by atoms with E-state index in [2.05, 4.69) is 4.74 Å². The zero-order valence-corrected chi connectivity index (χ0v) is 13.4. The van der Waals surface area contributed by atoms with Crippen LogP contribution < -0.4 is 4.74 Å². The number of carbonyl (C=O) groups excluding carboxylic acids is 1. The molecule has 0 saturated carbocycles. The molecule has 22 heavy (non-hydrogen) atoms. The van der Waals surface area contributed by atoms with Gasteiger partial charge in [-0.1, -0.05) is 0 Å². The smallest absolute Gasteiger partial charge is 0.341 e. The van der Waals surface area contributed by atoms with Crippen LogP contribution in [-0.2, 0) is 19.6 Å². The van der Waals surface area contributed by atoms with Gasteiger partial charge in [0, 0.05) is 13.1 Å². The lowest BCUT2D eigenvalue weighted by Crippen LogP contribution is -2.40. The van der Waals surface area contributed by atoms with Crippen molar-refractivity contribution in [2.75, 3.05) is 21.3 Å². The minimum absolute atomic E-state index is 0.0179. The molecule has 0 saturated heterocycles. The van der Waals surface area contributed by atoms with Gasteiger partial charge < -0.3 is 14.6 Å². The Bertz CT molecular complexity index is 684. The highest BCUT2D eigenvalue weighted by Gasteiger charge is 2.30. The summed E-state index contributed by atoms with van der Waals surface area (Å²) < 4.78 is 35.1. The maximum atomic E-state index is 12.4. The van der Waals surface area contributed by atoms with Crippen LogP contribution in [0.4, 0.5) is 0 Å². The molecule has 0 heterocycles. The molecule has 122 valence electrons. The largest absolute Gasteiger partial charge is 0.496 e. The Balaban J connectivity index is 3.32. The van der Waals surface area contributed by atoms with E-state index in [1.54, 1.807) is 0 Å². The molecular formula is C13H17NO7S. The molecule has 1 aromatic rings.